The maximum absolute atomic E-state index is 10.8. The summed E-state index contributed by atoms with van der Waals surface area (Å²) in [5.41, 5.74) is -1.58. The van der Waals surface area contributed by atoms with E-state index in [-0.39, 0.29) is 6.42 Å². The van der Waals surface area contributed by atoms with Crippen molar-refractivity contribution in [3.8, 4) is 0 Å². The summed E-state index contributed by atoms with van der Waals surface area (Å²) in [7, 11) is 1.27. The molecule has 0 heterocycles. The Morgan fingerprint density at radius 2 is 2.21 bits per heavy atom. The number of aldehydes is 1. The minimum Gasteiger partial charge on any atom is -0.390 e. The van der Waals surface area contributed by atoms with Crippen molar-refractivity contribution in [2.75, 3.05) is 7.11 Å². The van der Waals surface area contributed by atoms with Crippen LogP contribution in [0.4, 0.5) is 0 Å². The molecule has 6 heteroatoms. The van der Waals surface area contributed by atoms with Crippen LogP contribution in [-0.2, 0) is 9.53 Å². The second-order valence-electron chi connectivity index (χ2n) is 3.38. The number of nitrogens with zero attached hydrogens (tertiary/aromatic N) is 1. The van der Waals surface area contributed by atoms with E-state index in [9.17, 15) is 20.0 Å². The minimum atomic E-state index is -1.58. The summed E-state index contributed by atoms with van der Waals surface area (Å²) in [5, 5.41) is 20.0. The molecule has 0 aliphatic carbocycles. The Labute approximate surface area is 82.0 Å². The number of aliphatic hydroxyl groups excluding tert-OH is 1. The fourth-order valence-corrected chi connectivity index (χ4v) is 1.43. The van der Waals surface area contributed by atoms with Crippen LogP contribution in [-0.4, -0.2) is 41.2 Å². The van der Waals surface area contributed by atoms with Gasteiger partial charge in [-0.1, -0.05) is 0 Å². The van der Waals surface area contributed by atoms with Gasteiger partial charge in [0.25, 0.3) is 5.54 Å². The highest BCUT2D eigenvalue weighted by atomic mass is 16.6. The van der Waals surface area contributed by atoms with Gasteiger partial charge in [-0.2, -0.15) is 0 Å². The third kappa shape index (κ3) is 2.49. The molecule has 14 heavy (non-hydrogen) atoms. The van der Waals surface area contributed by atoms with Crippen LogP contribution in [0.2, 0.25) is 0 Å². The lowest BCUT2D eigenvalue weighted by molar-refractivity contribution is -0.579. The largest absolute Gasteiger partial charge is 0.390 e. The van der Waals surface area contributed by atoms with Crippen LogP contribution in [0.1, 0.15) is 20.3 Å². The summed E-state index contributed by atoms with van der Waals surface area (Å²) in [4.78, 5) is 20.5. The van der Waals surface area contributed by atoms with E-state index < -0.39 is 22.7 Å². The van der Waals surface area contributed by atoms with E-state index >= 15 is 0 Å². The Hall–Kier alpha value is -1.01. The molecule has 0 fully saturated rings. The number of hydrogen-bond acceptors (Lipinski definition) is 5. The normalized spacial score (nSPS) is 19.4. The highest BCUT2D eigenvalue weighted by molar-refractivity contribution is 5.51. The van der Waals surface area contributed by atoms with Crippen molar-refractivity contribution in [2.24, 2.45) is 0 Å². The number of methoxy groups -OCH3 is 1. The average molecular weight is 205 g/mol. The van der Waals surface area contributed by atoms with Gasteiger partial charge in [0, 0.05) is 19.0 Å². The molecule has 0 aliphatic heterocycles. The van der Waals surface area contributed by atoms with Crippen LogP contribution in [0.3, 0.4) is 0 Å². The van der Waals surface area contributed by atoms with Gasteiger partial charge in [0.2, 0.25) is 0 Å². The lowest BCUT2D eigenvalue weighted by Crippen LogP contribution is -2.52. The second-order valence-corrected chi connectivity index (χ2v) is 3.38. The predicted octanol–water partition coefficient (Wildman–Crippen LogP) is 0.00660. The summed E-state index contributed by atoms with van der Waals surface area (Å²) in [6.07, 6.45) is -1.83. The SMILES string of the molecule is CO[C@@H]([C@H](C)O)[C@](C)(CC=O)[N+](=O)[O-]. The van der Waals surface area contributed by atoms with Crippen molar-refractivity contribution in [3.63, 3.8) is 0 Å². The summed E-state index contributed by atoms with van der Waals surface area (Å²) >= 11 is 0. The van der Waals surface area contributed by atoms with Gasteiger partial charge in [-0.25, -0.2) is 0 Å². The highest BCUT2D eigenvalue weighted by Crippen LogP contribution is 2.23. The molecule has 0 unspecified atom stereocenters. The summed E-state index contributed by atoms with van der Waals surface area (Å²) in [5.74, 6) is 0. The van der Waals surface area contributed by atoms with Gasteiger partial charge in [0.15, 0.2) is 6.10 Å². The molecule has 0 rings (SSSR count). The number of rotatable bonds is 6. The molecule has 0 spiro atoms. The molecule has 0 saturated heterocycles. The van der Waals surface area contributed by atoms with E-state index in [1.165, 1.54) is 21.0 Å². The number of hydrogen-bond donors (Lipinski definition) is 1. The summed E-state index contributed by atoms with van der Waals surface area (Å²) in [6.45, 7) is 2.67. The molecular weight excluding hydrogens is 190 g/mol. The molecule has 0 amide bonds. The van der Waals surface area contributed by atoms with Crippen LogP contribution < -0.4 is 0 Å². The Morgan fingerprint density at radius 3 is 2.43 bits per heavy atom. The molecule has 0 aromatic carbocycles. The number of carbonyl (C=O) groups is 1. The van der Waals surface area contributed by atoms with Crippen molar-refractivity contribution in [1.82, 2.24) is 0 Å². The zero-order valence-electron chi connectivity index (χ0n) is 8.47. The first-order valence-electron chi connectivity index (χ1n) is 4.19. The van der Waals surface area contributed by atoms with E-state index in [2.05, 4.69) is 0 Å². The lowest BCUT2D eigenvalue weighted by atomic mass is 9.89. The molecule has 0 radical (unpaired) electrons. The molecule has 0 bridgehead atoms. The molecule has 0 saturated carbocycles. The first kappa shape index (κ1) is 13.0. The predicted molar refractivity (Wildman–Crippen MR) is 48.6 cm³/mol. The van der Waals surface area contributed by atoms with Crippen LogP contribution >= 0.6 is 0 Å². The molecule has 0 aliphatic rings. The number of nitro groups is 1. The van der Waals surface area contributed by atoms with Crippen LogP contribution in [0, 0.1) is 10.1 Å². The lowest BCUT2D eigenvalue weighted by Gasteiger charge is -2.29. The average Bonchev–Trinajstić information content (AvgIpc) is 2.04. The number of carbonyl (C=O) groups excluding carboxylic acids is 1. The fraction of sp³-hybridized carbons (Fsp3) is 0.875. The highest BCUT2D eigenvalue weighted by Gasteiger charge is 2.48. The third-order valence-corrected chi connectivity index (χ3v) is 2.22. The first-order chi connectivity index (χ1) is 6.40. The molecular formula is C8H15NO5. The van der Waals surface area contributed by atoms with E-state index in [0.717, 1.165) is 0 Å². The zero-order valence-corrected chi connectivity index (χ0v) is 8.47. The van der Waals surface area contributed by atoms with Gasteiger partial charge in [0.05, 0.1) is 12.5 Å². The van der Waals surface area contributed by atoms with Gasteiger partial charge in [-0.05, 0) is 6.92 Å². The maximum Gasteiger partial charge on any atom is 0.254 e. The van der Waals surface area contributed by atoms with Crippen LogP contribution in [0.5, 0.6) is 0 Å². The summed E-state index contributed by atoms with van der Waals surface area (Å²) in [6, 6.07) is 0. The monoisotopic (exact) mass is 205 g/mol. The van der Waals surface area contributed by atoms with Gasteiger partial charge in [-0.15, -0.1) is 0 Å². The van der Waals surface area contributed by atoms with Gasteiger partial charge < -0.3 is 14.6 Å². The van der Waals surface area contributed by atoms with E-state index in [0.29, 0.717) is 6.29 Å². The fourth-order valence-electron chi connectivity index (χ4n) is 1.43. The number of ether oxygens (including phenoxy) is 1. The molecule has 0 aromatic rings. The molecule has 3 atom stereocenters. The van der Waals surface area contributed by atoms with Crippen molar-refractivity contribution in [2.45, 2.75) is 38.0 Å². The van der Waals surface area contributed by atoms with E-state index in [4.69, 9.17) is 4.74 Å². The standard InChI is InChI=1S/C8H15NO5/c1-6(11)7(14-3)8(2,4-5-10)9(12)13/h5-7,11H,4H2,1-3H3/t6-,7-,8-/m0/s1. The van der Waals surface area contributed by atoms with E-state index in [1.807, 2.05) is 0 Å². The van der Waals surface area contributed by atoms with E-state index in [1.54, 1.807) is 0 Å². The Morgan fingerprint density at radius 1 is 1.71 bits per heavy atom. The van der Waals surface area contributed by atoms with Crippen molar-refractivity contribution in [3.05, 3.63) is 10.1 Å². The molecule has 82 valence electrons. The Balaban J connectivity index is 4.94. The number of aliphatic hydroxyl groups is 1. The Bertz CT molecular complexity index is 218. The zero-order chi connectivity index (χ0) is 11.4. The molecule has 1 N–H and O–H groups in total. The minimum absolute atomic E-state index is 0.288. The quantitative estimate of drug-likeness (QED) is 0.374. The van der Waals surface area contributed by atoms with Gasteiger partial charge in [-0.3, -0.25) is 10.1 Å². The van der Waals surface area contributed by atoms with Gasteiger partial charge in [0.1, 0.15) is 6.29 Å². The van der Waals surface area contributed by atoms with Crippen LogP contribution in [0.25, 0.3) is 0 Å². The van der Waals surface area contributed by atoms with Crippen molar-refractivity contribution >= 4 is 6.29 Å². The third-order valence-electron chi connectivity index (χ3n) is 2.22. The Kier molecular flexibility index (Phi) is 4.65. The topological polar surface area (TPSA) is 89.7 Å². The van der Waals surface area contributed by atoms with Crippen molar-refractivity contribution in [1.29, 1.82) is 0 Å². The molecule has 6 nitrogen and oxygen atoms in total. The molecule has 0 aromatic heterocycles. The smallest absolute Gasteiger partial charge is 0.254 e. The summed E-state index contributed by atoms with van der Waals surface area (Å²) < 4.78 is 4.84. The van der Waals surface area contributed by atoms with Crippen LogP contribution in [0.15, 0.2) is 0 Å². The van der Waals surface area contributed by atoms with Crippen molar-refractivity contribution < 1.29 is 19.6 Å². The van der Waals surface area contributed by atoms with Gasteiger partial charge >= 0.3 is 0 Å². The first-order valence-corrected chi connectivity index (χ1v) is 4.19. The second kappa shape index (κ2) is 5.02. The maximum atomic E-state index is 10.8.